The lowest BCUT2D eigenvalue weighted by Gasteiger charge is -2.14. The number of hydrogen-bond donors (Lipinski definition) is 1. The van der Waals surface area contributed by atoms with Crippen LogP contribution < -0.4 is 14.8 Å². The summed E-state index contributed by atoms with van der Waals surface area (Å²) in [6.07, 6.45) is 1.73. The number of aryl methyl sites for hydroxylation is 1. The van der Waals surface area contributed by atoms with Gasteiger partial charge in [0.1, 0.15) is 11.5 Å². The molecule has 0 radical (unpaired) electrons. The Bertz CT molecular complexity index is 589. The predicted octanol–water partition coefficient (Wildman–Crippen LogP) is 3.61. The highest BCUT2D eigenvalue weighted by atomic mass is 19.3. The number of rotatable bonds is 6. The molecule has 0 unspecified atom stereocenters. The first-order valence-electron chi connectivity index (χ1n) is 6.36. The molecule has 112 valence electrons. The number of alkyl halides is 2. The molecular formula is C15H16F2N2O2. The molecule has 6 heteroatoms. The second-order valence-corrected chi connectivity index (χ2v) is 4.40. The Morgan fingerprint density at radius 2 is 2.05 bits per heavy atom. The average Bonchev–Trinajstić information content (AvgIpc) is 2.47. The summed E-state index contributed by atoms with van der Waals surface area (Å²) >= 11 is 0. The second kappa shape index (κ2) is 6.88. The van der Waals surface area contributed by atoms with Crippen LogP contribution in [-0.4, -0.2) is 18.7 Å². The number of ether oxygens (including phenoxy) is 2. The van der Waals surface area contributed by atoms with E-state index >= 15 is 0 Å². The number of nitrogens with one attached hydrogen (secondary N) is 1. The van der Waals surface area contributed by atoms with E-state index in [1.54, 1.807) is 18.3 Å². The maximum absolute atomic E-state index is 12.4. The number of anilines is 1. The molecule has 0 atom stereocenters. The van der Waals surface area contributed by atoms with Crippen LogP contribution in [0.4, 0.5) is 14.5 Å². The van der Waals surface area contributed by atoms with Gasteiger partial charge in [0.15, 0.2) is 0 Å². The van der Waals surface area contributed by atoms with E-state index in [0.29, 0.717) is 18.0 Å². The van der Waals surface area contributed by atoms with Crippen LogP contribution in [-0.2, 0) is 6.54 Å². The number of pyridine rings is 1. The van der Waals surface area contributed by atoms with Crippen molar-refractivity contribution in [3.63, 3.8) is 0 Å². The summed E-state index contributed by atoms with van der Waals surface area (Å²) in [6.45, 7) is -0.534. The number of nitrogens with zero attached hydrogens (tertiary/aromatic N) is 1. The lowest BCUT2D eigenvalue weighted by Crippen LogP contribution is -2.07. The Morgan fingerprint density at radius 1 is 1.24 bits per heavy atom. The Hall–Kier alpha value is -2.37. The Labute approximate surface area is 121 Å². The fourth-order valence-corrected chi connectivity index (χ4v) is 1.77. The normalized spacial score (nSPS) is 10.5. The van der Waals surface area contributed by atoms with Crippen LogP contribution >= 0.6 is 0 Å². The van der Waals surface area contributed by atoms with Crippen molar-refractivity contribution < 1.29 is 18.3 Å². The van der Waals surface area contributed by atoms with E-state index in [9.17, 15) is 8.78 Å². The fourth-order valence-electron chi connectivity index (χ4n) is 1.77. The molecule has 1 aromatic carbocycles. The van der Waals surface area contributed by atoms with E-state index in [-0.39, 0.29) is 5.75 Å². The van der Waals surface area contributed by atoms with Crippen LogP contribution in [0.1, 0.15) is 11.3 Å². The van der Waals surface area contributed by atoms with Crippen LogP contribution in [0.5, 0.6) is 11.5 Å². The summed E-state index contributed by atoms with van der Waals surface area (Å²) in [5.41, 5.74) is 2.29. The zero-order valence-corrected chi connectivity index (χ0v) is 11.8. The first-order valence-corrected chi connectivity index (χ1v) is 6.36. The predicted molar refractivity (Wildman–Crippen MR) is 75.9 cm³/mol. The number of methoxy groups -OCH3 is 1. The molecule has 1 heterocycles. The van der Waals surface area contributed by atoms with Gasteiger partial charge in [-0.2, -0.15) is 8.78 Å². The Morgan fingerprint density at radius 3 is 2.67 bits per heavy atom. The minimum atomic E-state index is -2.88. The fraction of sp³-hybridized carbons (Fsp3) is 0.267. The van der Waals surface area contributed by atoms with Gasteiger partial charge in [-0.3, -0.25) is 4.98 Å². The SMILES string of the molecule is COc1ccc(OC(F)F)c(NCc2ccc(C)nc2)c1. The molecule has 21 heavy (non-hydrogen) atoms. The van der Waals surface area contributed by atoms with Crippen molar-refractivity contribution in [2.45, 2.75) is 20.1 Å². The number of benzene rings is 1. The summed E-state index contributed by atoms with van der Waals surface area (Å²) < 4.78 is 34.4. The second-order valence-electron chi connectivity index (χ2n) is 4.40. The monoisotopic (exact) mass is 294 g/mol. The van der Waals surface area contributed by atoms with Crippen molar-refractivity contribution in [1.29, 1.82) is 0 Å². The minimum absolute atomic E-state index is 0.0749. The van der Waals surface area contributed by atoms with E-state index in [4.69, 9.17) is 4.74 Å². The standard InChI is InChI=1S/C15H16F2N2O2/c1-10-3-4-11(8-18-10)9-19-13-7-12(20-2)5-6-14(13)21-15(16)17/h3-8,15,19H,9H2,1-2H3. The van der Waals surface area contributed by atoms with Crippen LogP contribution in [0.25, 0.3) is 0 Å². The van der Waals surface area contributed by atoms with Gasteiger partial charge in [0.05, 0.1) is 12.8 Å². The maximum atomic E-state index is 12.4. The first-order chi connectivity index (χ1) is 10.1. The zero-order valence-electron chi connectivity index (χ0n) is 11.8. The third-order valence-electron chi connectivity index (χ3n) is 2.86. The van der Waals surface area contributed by atoms with Crippen molar-refractivity contribution in [3.8, 4) is 11.5 Å². The zero-order chi connectivity index (χ0) is 15.2. The van der Waals surface area contributed by atoms with Gasteiger partial charge in [-0.05, 0) is 30.7 Å². The Balaban J connectivity index is 2.14. The van der Waals surface area contributed by atoms with Gasteiger partial charge in [-0.15, -0.1) is 0 Å². The van der Waals surface area contributed by atoms with E-state index in [2.05, 4.69) is 15.0 Å². The molecule has 2 aromatic rings. The molecule has 1 aromatic heterocycles. The Kier molecular flexibility index (Phi) is 4.92. The highest BCUT2D eigenvalue weighted by Gasteiger charge is 2.11. The molecule has 0 spiro atoms. The van der Waals surface area contributed by atoms with Crippen LogP contribution in [0.2, 0.25) is 0 Å². The van der Waals surface area contributed by atoms with Crippen LogP contribution in [0, 0.1) is 6.92 Å². The van der Waals surface area contributed by atoms with Gasteiger partial charge in [-0.1, -0.05) is 6.07 Å². The molecule has 1 N–H and O–H groups in total. The van der Waals surface area contributed by atoms with Gasteiger partial charge < -0.3 is 14.8 Å². The summed E-state index contributed by atoms with van der Waals surface area (Å²) in [7, 11) is 1.51. The van der Waals surface area contributed by atoms with Crippen molar-refractivity contribution in [2.75, 3.05) is 12.4 Å². The van der Waals surface area contributed by atoms with E-state index < -0.39 is 6.61 Å². The molecule has 0 bridgehead atoms. The molecule has 0 aliphatic carbocycles. The topological polar surface area (TPSA) is 43.4 Å². The summed E-state index contributed by atoms with van der Waals surface area (Å²) in [5.74, 6) is 0.631. The summed E-state index contributed by atoms with van der Waals surface area (Å²) in [6, 6.07) is 8.43. The van der Waals surface area contributed by atoms with Gasteiger partial charge in [-0.25, -0.2) is 0 Å². The van der Waals surface area contributed by atoms with Crippen molar-refractivity contribution in [1.82, 2.24) is 4.98 Å². The lowest BCUT2D eigenvalue weighted by atomic mass is 10.2. The van der Waals surface area contributed by atoms with E-state index in [1.807, 2.05) is 19.1 Å². The van der Waals surface area contributed by atoms with E-state index in [0.717, 1.165) is 11.3 Å². The molecule has 0 saturated heterocycles. The summed E-state index contributed by atoms with van der Waals surface area (Å²) in [5, 5.41) is 3.05. The number of hydrogen-bond acceptors (Lipinski definition) is 4. The molecule has 0 saturated carbocycles. The minimum Gasteiger partial charge on any atom is -0.497 e. The van der Waals surface area contributed by atoms with Crippen molar-refractivity contribution in [2.24, 2.45) is 0 Å². The van der Waals surface area contributed by atoms with Crippen molar-refractivity contribution >= 4 is 5.69 Å². The largest absolute Gasteiger partial charge is 0.497 e. The summed E-state index contributed by atoms with van der Waals surface area (Å²) in [4.78, 5) is 4.18. The maximum Gasteiger partial charge on any atom is 0.387 e. The highest BCUT2D eigenvalue weighted by Crippen LogP contribution is 2.30. The number of halogens is 2. The van der Waals surface area contributed by atoms with E-state index in [1.165, 1.54) is 13.2 Å². The molecule has 0 aliphatic heterocycles. The third kappa shape index (κ3) is 4.30. The lowest BCUT2D eigenvalue weighted by molar-refractivity contribution is -0.0494. The third-order valence-corrected chi connectivity index (χ3v) is 2.86. The molecule has 0 aliphatic rings. The van der Waals surface area contributed by atoms with Gasteiger partial charge in [0.2, 0.25) is 0 Å². The molecular weight excluding hydrogens is 278 g/mol. The molecule has 4 nitrogen and oxygen atoms in total. The number of aromatic nitrogens is 1. The first kappa shape index (κ1) is 15.0. The smallest absolute Gasteiger partial charge is 0.387 e. The van der Waals surface area contributed by atoms with Crippen LogP contribution in [0.3, 0.4) is 0 Å². The van der Waals surface area contributed by atoms with Gasteiger partial charge >= 0.3 is 6.61 Å². The van der Waals surface area contributed by atoms with Crippen molar-refractivity contribution in [3.05, 3.63) is 47.8 Å². The van der Waals surface area contributed by atoms with Gasteiger partial charge in [0, 0.05) is 24.5 Å². The van der Waals surface area contributed by atoms with Crippen LogP contribution in [0.15, 0.2) is 36.5 Å². The molecule has 0 amide bonds. The highest BCUT2D eigenvalue weighted by molar-refractivity contribution is 5.60. The molecule has 0 fully saturated rings. The van der Waals surface area contributed by atoms with Gasteiger partial charge in [0.25, 0.3) is 0 Å². The quantitative estimate of drug-likeness (QED) is 0.884. The average molecular weight is 294 g/mol. The molecule has 2 rings (SSSR count).